The van der Waals surface area contributed by atoms with E-state index >= 15 is 0 Å². The monoisotopic (exact) mass is 329 g/mol. The average Bonchev–Trinajstić information content (AvgIpc) is 2.82. The molecule has 0 saturated heterocycles. The maximum atomic E-state index is 11.9. The lowest BCUT2D eigenvalue weighted by Crippen LogP contribution is -2.28. The van der Waals surface area contributed by atoms with Crippen LogP contribution in [0.5, 0.6) is 0 Å². The number of nitrogens with zero attached hydrogens (tertiary/aromatic N) is 4. The van der Waals surface area contributed by atoms with Crippen LogP contribution in [0.2, 0.25) is 0 Å². The normalized spacial score (nSPS) is 11.1. The summed E-state index contributed by atoms with van der Waals surface area (Å²) in [6, 6.07) is 3.07. The minimum absolute atomic E-state index is 0.258. The van der Waals surface area contributed by atoms with Crippen molar-refractivity contribution in [3.05, 3.63) is 52.2 Å². The van der Waals surface area contributed by atoms with E-state index in [2.05, 4.69) is 22.5 Å². The molecule has 0 aliphatic carbocycles. The summed E-state index contributed by atoms with van der Waals surface area (Å²) in [6.07, 6.45) is 7.55. The summed E-state index contributed by atoms with van der Waals surface area (Å²) < 4.78 is 2.55. The van der Waals surface area contributed by atoms with Crippen LogP contribution in [0.4, 0.5) is 0 Å². The van der Waals surface area contributed by atoms with Gasteiger partial charge < -0.3 is 5.21 Å². The molecule has 0 spiro atoms. The molecule has 0 unspecified atom stereocenters. The summed E-state index contributed by atoms with van der Waals surface area (Å²) in [4.78, 5) is 11.9. The van der Waals surface area contributed by atoms with Crippen molar-refractivity contribution in [2.45, 2.75) is 46.6 Å². The Hall–Kier alpha value is -2.70. The number of nitrogens with one attached hydrogen (secondary N) is 1. The number of hydrazone groups is 1. The predicted octanol–water partition coefficient (Wildman–Crippen LogP) is 2.09. The molecule has 0 aromatic carbocycles. The summed E-state index contributed by atoms with van der Waals surface area (Å²) in [7, 11) is 0. The fraction of sp³-hybridized carbons (Fsp3) is 0.412. The number of hydrogen-bond acceptors (Lipinski definition) is 4. The van der Waals surface area contributed by atoms with Gasteiger partial charge in [-0.05, 0) is 26.3 Å². The van der Waals surface area contributed by atoms with Crippen molar-refractivity contribution in [2.75, 3.05) is 0 Å². The fourth-order valence-corrected chi connectivity index (χ4v) is 2.44. The lowest BCUT2D eigenvalue weighted by Gasteiger charge is -2.03. The first-order chi connectivity index (χ1) is 11.5. The largest absolute Gasteiger partial charge is 0.619 e. The number of pyridine rings is 1. The van der Waals surface area contributed by atoms with E-state index in [1.165, 1.54) is 31.3 Å². The Bertz CT molecular complexity index is 737. The Morgan fingerprint density at radius 3 is 2.96 bits per heavy atom. The van der Waals surface area contributed by atoms with Crippen LogP contribution in [0.25, 0.3) is 0 Å². The average molecular weight is 329 g/mol. The minimum Gasteiger partial charge on any atom is -0.619 e. The number of aromatic nitrogens is 3. The molecule has 0 atom stereocenters. The number of rotatable bonds is 7. The van der Waals surface area contributed by atoms with E-state index in [0.29, 0.717) is 4.73 Å². The second kappa shape index (κ2) is 8.24. The molecule has 0 aliphatic heterocycles. The third kappa shape index (κ3) is 4.41. The van der Waals surface area contributed by atoms with Crippen molar-refractivity contribution in [1.82, 2.24) is 15.2 Å². The van der Waals surface area contributed by atoms with Crippen LogP contribution in [0, 0.1) is 19.1 Å². The van der Waals surface area contributed by atoms with Crippen LogP contribution in [0.15, 0.2) is 29.6 Å². The quantitative estimate of drug-likeness (QED) is 0.277. The van der Waals surface area contributed by atoms with Crippen molar-refractivity contribution in [3.8, 4) is 0 Å². The van der Waals surface area contributed by atoms with Crippen LogP contribution >= 0.6 is 0 Å². The Morgan fingerprint density at radius 1 is 1.46 bits per heavy atom. The zero-order valence-corrected chi connectivity index (χ0v) is 14.3. The summed E-state index contributed by atoms with van der Waals surface area (Å²) >= 11 is 0. The van der Waals surface area contributed by atoms with Gasteiger partial charge in [0.05, 0.1) is 11.9 Å². The van der Waals surface area contributed by atoms with Crippen molar-refractivity contribution >= 4 is 12.1 Å². The molecule has 0 bridgehead atoms. The maximum Gasteiger partial charge on any atom is 0.277 e. The topological polar surface area (TPSA) is 86.2 Å². The van der Waals surface area contributed by atoms with Gasteiger partial charge in [0.25, 0.3) is 5.91 Å². The van der Waals surface area contributed by atoms with Crippen LogP contribution in [0.1, 0.15) is 53.5 Å². The zero-order valence-electron chi connectivity index (χ0n) is 14.3. The van der Waals surface area contributed by atoms with Gasteiger partial charge in [0.1, 0.15) is 5.56 Å². The molecule has 0 aliphatic rings. The van der Waals surface area contributed by atoms with E-state index in [9.17, 15) is 10.0 Å². The maximum absolute atomic E-state index is 11.9. The van der Waals surface area contributed by atoms with Gasteiger partial charge in [-0.25, -0.2) is 5.43 Å². The summed E-state index contributed by atoms with van der Waals surface area (Å²) in [5.74, 6) is -0.429. The predicted molar refractivity (Wildman–Crippen MR) is 91.7 cm³/mol. The Kier molecular flexibility index (Phi) is 6.06. The molecule has 0 saturated carbocycles. The summed E-state index contributed by atoms with van der Waals surface area (Å²) in [5, 5.41) is 19.7. The van der Waals surface area contributed by atoms with E-state index in [1.54, 1.807) is 12.3 Å². The highest BCUT2D eigenvalue weighted by Gasteiger charge is 2.10. The minimum atomic E-state index is -0.429. The third-order valence-corrected chi connectivity index (χ3v) is 3.81. The van der Waals surface area contributed by atoms with Crippen LogP contribution in [0.3, 0.4) is 0 Å². The molecule has 1 amide bonds. The molecular formula is C17H23N5O2. The first-order valence-electron chi connectivity index (χ1n) is 8.09. The smallest absolute Gasteiger partial charge is 0.277 e. The van der Waals surface area contributed by atoms with Crippen molar-refractivity contribution in [2.24, 2.45) is 5.10 Å². The molecule has 2 aromatic heterocycles. The highest BCUT2D eigenvalue weighted by atomic mass is 16.5. The van der Waals surface area contributed by atoms with E-state index < -0.39 is 5.91 Å². The van der Waals surface area contributed by atoms with Gasteiger partial charge in [0.2, 0.25) is 0 Å². The first kappa shape index (κ1) is 17.7. The van der Waals surface area contributed by atoms with Gasteiger partial charge in [-0.3, -0.25) is 9.48 Å². The molecule has 2 aromatic rings. The number of hydrogen-bond donors (Lipinski definition) is 1. The molecule has 2 rings (SSSR count). The summed E-state index contributed by atoms with van der Waals surface area (Å²) in [6.45, 7) is 6.97. The van der Waals surface area contributed by atoms with Crippen LogP contribution in [-0.4, -0.2) is 21.9 Å². The Morgan fingerprint density at radius 2 is 2.25 bits per heavy atom. The lowest BCUT2D eigenvalue weighted by atomic mass is 10.2. The van der Waals surface area contributed by atoms with Crippen molar-refractivity contribution in [1.29, 1.82) is 0 Å². The highest BCUT2D eigenvalue weighted by Crippen LogP contribution is 2.12. The van der Waals surface area contributed by atoms with Gasteiger partial charge in [0, 0.05) is 23.9 Å². The molecule has 7 nitrogen and oxygen atoms in total. The highest BCUT2D eigenvalue weighted by molar-refractivity contribution is 5.94. The van der Waals surface area contributed by atoms with Gasteiger partial charge in [0.15, 0.2) is 12.4 Å². The first-order valence-corrected chi connectivity index (χ1v) is 8.09. The van der Waals surface area contributed by atoms with Crippen molar-refractivity contribution < 1.29 is 9.52 Å². The molecule has 2 heterocycles. The van der Waals surface area contributed by atoms with Crippen LogP contribution < -0.4 is 10.2 Å². The van der Waals surface area contributed by atoms with Gasteiger partial charge in [-0.1, -0.05) is 19.8 Å². The van der Waals surface area contributed by atoms with Crippen LogP contribution in [-0.2, 0) is 6.54 Å². The molecule has 0 radical (unpaired) electrons. The zero-order chi connectivity index (χ0) is 17.5. The van der Waals surface area contributed by atoms with E-state index in [0.717, 1.165) is 29.9 Å². The molecule has 1 N–H and O–H groups in total. The molecular weight excluding hydrogens is 306 g/mol. The summed E-state index contributed by atoms with van der Waals surface area (Å²) in [5.41, 5.74) is 5.49. The van der Waals surface area contributed by atoms with Crippen molar-refractivity contribution in [3.63, 3.8) is 0 Å². The lowest BCUT2D eigenvalue weighted by molar-refractivity contribution is -0.605. The third-order valence-electron chi connectivity index (χ3n) is 3.81. The molecule has 0 fully saturated rings. The van der Waals surface area contributed by atoms with E-state index in [4.69, 9.17) is 0 Å². The van der Waals surface area contributed by atoms with Gasteiger partial charge >= 0.3 is 0 Å². The Balaban J connectivity index is 2.02. The number of carbonyl (C=O) groups excluding carboxylic acids is 1. The van der Waals surface area contributed by atoms with E-state index in [-0.39, 0.29) is 5.56 Å². The Labute approximate surface area is 141 Å². The molecule has 7 heteroatoms. The van der Waals surface area contributed by atoms with Gasteiger partial charge in [-0.15, -0.1) is 0 Å². The second-order valence-corrected chi connectivity index (χ2v) is 5.67. The number of aryl methyl sites for hydroxylation is 2. The molecule has 128 valence electrons. The van der Waals surface area contributed by atoms with E-state index in [1.807, 2.05) is 18.5 Å². The number of unbranched alkanes of at least 4 members (excludes halogenated alkanes) is 2. The number of carbonyl (C=O) groups is 1. The van der Waals surface area contributed by atoms with Gasteiger partial charge in [-0.2, -0.15) is 14.9 Å². The standard InChI is InChI=1S/C17H23N5O2/c1-4-5-6-10-22-14(3)16(13(2)20-22)11-18-19-17(23)15-8-7-9-21(24)12-15/h7-9,11-12H,4-6,10H2,1-3H3,(H,19,23)/b18-11+. The SMILES string of the molecule is CCCCCn1nc(C)c(/C=N/NC(=O)c2ccc[n+]([O-])c2)c1C. The second-order valence-electron chi connectivity index (χ2n) is 5.67. The number of amides is 1. The molecule has 24 heavy (non-hydrogen) atoms. The fourth-order valence-electron chi connectivity index (χ4n) is 2.44.